The van der Waals surface area contributed by atoms with Gasteiger partial charge in [0, 0.05) is 76.2 Å². The molecule has 9 heterocycles. The third-order valence-electron chi connectivity index (χ3n) is 19.6. The molecule has 550 valence electrons. The number of aromatic nitrogens is 11. The van der Waals surface area contributed by atoms with Crippen molar-refractivity contribution in [3.8, 4) is 62.1 Å². The molecule has 0 saturated carbocycles. The lowest BCUT2D eigenvalue weighted by molar-refractivity contribution is 0.308. The fourth-order valence-corrected chi connectivity index (χ4v) is 15.2. The van der Waals surface area contributed by atoms with Gasteiger partial charge in [-0.05, 0) is 178 Å². The summed E-state index contributed by atoms with van der Waals surface area (Å²) in [6, 6.07) is 43.2. The highest BCUT2D eigenvalue weighted by Gasteiger charge is 2.33. The number of aryl methyl sites for hydroxylation is 4. The van der Waals surface area contributed by atoms with Crippen LogP contribution in [0.25, 0.3) is 77.3 Å². The number of hydrogen-bond acceptors (Lipinski definition) is 20. The standard InChI is InChI=1S/C28H35ClN6O3S.C27H25N5O2.C26H23N5O2.CH4/c1-28(2)9-8-22-21(14-28)27(32-25(31-22)17-34(3)4)35-10-11-38-24-7-6-18(12-20(24)16-35)19-13-23(26(29)30-15-19)33-39(5,36)37;1-16-4-7-21-25(26(16)33-3)28-15-29-27(21)32-10-11-34-24-9-6-18(12-20(24)14-32)19-5-8-22-23(13-19)31-17(2)30-22;1-16-29-23-13-20(32-2)5-6-21(23)26(30-16)31-9-10-33-25-8-4-17(11-19(25)14-31)18-3-7-22-24(12-18)28-15-27-22;/h6-7,12-13,15,33H,8-11,14,16-17H2,1-5H3;4-9,12-13,15H,10-11,14H2,1-3H3,(H,30,31);3-8,11-13,15H,9-10,14H2,1-2H3,(H,27,28);1H4. The number of sulfonamides is 1. The zero-order valence-corrected chi connectivity index (χ0v) is 62.6. The average Bonchev–Trinajstić information content (AvgIpc) is 1.77. The maximum absolute atomic E-state index is 11.8. The molecular formula is C82H87ClN16O7S. The maximum Gasteiger partial charge on any atom is 0.229 e. The van der Waals surface area contributed by atoms with E-state index in [-0.39, 0.29) is 23.7 Å². The molecule has 1 aliphatic carbocycles. The highest BCUT2D eigenvalue weighted by molar-refractivity contribution is 7.92. The van der Waals surface area contributed by atoms with Gasteiger partial charge in [0.2, 0.25) is 10.0 Å². The summed E-state index contributed by atoms with van der Waals surface area (Å²) in [7, 11) is 3.92. The zero-order valence-electron chi connectivity index (χ0n) is 61.0. The molecule has 25 heteroatoms. The number of H-pyrrole nitrogens is 2. The first kappa shape index (κ1) is 72.7. The first-order valence-corrected chi connectivity index (χ1v) is 37.6. The predicted molar refractivity (Wildman–Crippen MR) is 424 cm³/mol. The van der Waals surface area contributed by atoms with Gasteiger partial charge >= 0.3 is 0 Å². The third kappa shape index (κ3) is 15.9. The van der Waals surface area contributed by atoms with Crippen molar-refractivity contribution in [2.75, 3.05) is 93.4 Å². The SMILES string of the molecule is C.CN(C)Cc1nc2c(c(N3CCOc4ccc(-c5cnc(Cl)c(NS(C)(=O)=O)c5)cc4C3)n1)CC(C)(C)CC2.COc1c(C)ccc2c(N3CCOc4ccc(-c5ccc6nc(C)[nH]c6c5)cc4C3)ncnc12.COc1ccc2c(N3CCOc4ccc(-c5ccc6nc[nH]c6c5)cc4C3)nc(C)nc2c1. The summed E-state index contributed by atoms with van der Waals surface area (Å²) >= 11 is 6.16. The summed E-state index contributed by atoms with van der Waals surface area (Å²) in [5.41, 5.74) is 19.1. The van der Waals surface area contributed by atoms with E-state index in [1.165, 1.54) is 5.56 Å². The van der Waals surface area contributed by atoms with E-state index >= 15 is 0 Å². The topological polar surface area (TPSA) is 253 Å². The van der Waals surface area contributed by atoms with Crippen LogP contribution >= 0.6 is 11.6 Å². The molecule has 13 aromatic rings. The van der Waals surface area contributed by atoms with Crippen LogP contribution in [0.15, 0.2) is 146 Å². The second kappa shape index (κ2) is 30.3. The van der Waals surface area contributed by atoms with Crippen molar-refractivity contribution in [1.29, 1.82) is 0 Å². The molecule has 17 rings (SSSR count). The van der Waals surface area contributed by atoms with E-state index in [9.17, 15) is 8.42 Å². The van der Waals surface area contributed by atoms with E-state index in [1.54, 1.807) is 39.1 Å². The van der Waals surface area contributed by atoms with Gasteiger partial charge in [0.1, 0.15) is 95.3 Å². The molecule has 0 unspecified atom stereocenters. The van der Waals surface area contributed by atoms with E-state index in [4.69, 9.17) is 50.2 Å². The number of methoxy groups -OCH3 is 2. The van der Waals surface area contributed by atoms with Gasteiger partial charge in [-0.1, -0.05) is 69.3 Å². The van der Waals surface area contributed by atoms with Crippen molar-refractivity contribution >= 4 is 88.6 Å². The number of aromatic amines is 2. The Hall–Kier alpha value is -11.2. The van der Waals surface area contributed by atoms with E-state index in [1.807, 2.05) is 71.3 Å². The van der Waals surface area contributed by atoms with Gasteiger partial charge in [0.15, 0.2) is 5.15 Å². The number of halogens is 1. The van der Waals surface area contributed by atoms with Crippen molar-refractivity contribution in [1.82, 2.24) is 59.7 Å². The summed E-state index contributed by atoms with van der Waals surface area (Å²) in [4.78, 5) is 57.2. The number of imidazole rings is 2. The van der Waals surface area contributed by atoms with Crippen molar-refractivity contribution < 1.29 is 32.1 Å². The minimum atomic E-state index is -3.50. The molecule has 0 radical (unpaired) electrons. The van der Waals surface area contributed by atoms with Crippen LogP contribution in [-0.2, 0) is 49.0 Å². The number of benzene rings is 7. The van der Waals surface area contributed by atoms with E-state index in [2.05, 4.69) is 163 Å². The Balaban J connectivity index is 0.000000134. The Labute approximate surface area is 627 Å². The Kier molecular flexibility index (Phi) is 20.6. The molecule has 0 bridgehead atoms. The molecule has 0 spiro atoms. The van der Waals surface area contributed by atoms with Gasteiger partial charge in [0.05, 0.1) is 86.3 Å². The molecule has 0 fully saturated rings. The average molecular weight is 1480 g/mol. The second-order valence-corrected chi connectivity index (χ2v) is 30.5. The van der Waals surface area contributed by atoms with Crippen LogP contribution in [0, 0.1) is 26.2 Å². The van der Waals surface area contributed by atoms with Gasteiger partial charge in [-0.2, -0.15) is 0 Å². The minimum absolute atomic E-state index is 0. The van der Waals surface area contributed by atoms with Crippen molar-refractivity contribution in [3.05, 3.63) is 202 Å². The first-order chi connectivity index (χ1) is 51.1. The number of anilines is 4. The maximum atomic E-state index is 11.8. The first-order valence-electron chi connectivity index (χ1n) is 35.4. The van der Waals surface area contributed by atoms with Crippen LogP contribution in [0.2, 0.25) is 5.15 Å². The van der Waals surface area contributed by atoms with Crippen LogP contribution in [0.1, 0.15) is 78.7 Å². The molecule has 6 aromatic heterocycles. The van der Waals surface area contributed by atoms with E-state index in [0.29, 0.717) is 52.5 Å². The predicted octanol–water partition coefficient (Wildman–Crippen LogP) is 15.3. The number of fused-ring (bicyclic) bond motifs is 8. The Morgan fingerprint density at radius 2 is 1.21 bits per heavy atom. The van der Waals surface area contributed by atoms with E-state index in [0.717, 1.165) is 207 Å². The molecular weight excluding hydrogens is 1390 g/mol. The zero-order chi connectivity index (χ0) is 73.5. The number of nitrogens with zero attached hydrogens (tertiary/aromatic N) is 13. The lowest BCUT2D eigenvalue weighted by Crippen LogP contribution is -2.32. The highest BCUT2D eigenvalue weighted by atomic mass is 35.5. The minimum Gasteiger partial charge on any atom is -0.497 e. The van der Waals surface area contributed by atoms with Crippen LogP contribution < -0.4 is 43.1 Å². The number of rotatable bonds is 12. The third-order valence-corrected chi connectivity index (χ3v) is 20.5. The van der Waals surface area contributed by atoms with Gasteiger partial charge in [-0.15, -0.1) is 0 Å². The number of nitrogens with one attached hydrogen (secondary N) is 3. The fraction of sp³-hybridized carbons (Fsp3) is 0.305. The molecule has 23 nitrogen and oxygen atoms in total. The molecule has 3 N–H and O–H groups in total. The summed E-state index contributed by atoms with van der Waals surface area (Å²) in [6.45, 7) is 17.1. The van der Waals surface area contributed by atoms with Gasteiger partial charge in [0.25, 0.3) is 0 Å². The fourth-order valence-electron chi connectivity index (χ4n) is 14.4. The Morgan fingerprint density at radius 3 is 1.84 bits per heavy atom. The number of hydrogen-bond donors (Lipinski definition) is 3. The molecule has 0 amide bonds. The highest BCUT2D eigenvalue weighted by Crippen LogP contribution is 2.42. The quantitative estimate of drug-likeness (QED) is 0.0961. The van der Waals surface area contributed by atoms with Crippen LogP contribution in [-0.4, -0.2) is 142 Å². The Bertz CT molecular complexity index is 5640. The number of pyridine rings is 1. The molecule has 3 aliphatic heterocycles. The lowest BCUT2D eigenvalue weighted by atomic mass is 9.76. The van der Waals surface area contributed by atoms with Crippen molar-refractivity contribution in [2.45, 2.75) is 87.5 Å². The summed E-state index contributed by atoms with van der Waals surface area (Å²) in [5.74, 6) is 9.53. The van der Waals surface area contributed by atoms with Gasteiger partial charge in [-0.3, -0.25) is 4.72 Å². The smallest absolute Gasteiger partial charge is 0.229 e. The monoisotopic (exact) mass is 1470 g/mol. The van der Waals surface area contributed by atoms with Gasteiger partial charge in [-0.25, -0.2) is 53.3 Å². The second-order valence-electron chi connectivity index (χ2n) is 28.4. The molecule has 0 saturated heterocycles. The van der Waals surface area contributed by atoms with Gasteiger partial charge < -0.3 is 53.3 Å². The molecule has 0 atom stereocenters. The lowest BCUT2D eigenvalue weighted by Gasteiger charge is -2.34. The van der Waals surface area contributed by atoms with E-state index < -0.39 is 10.0 Å². The van der Waals surface area contributed by atoms with Crippen molar-refractivity contribution in [3.63, 3.8) is 0 Å². The normalized spacial score (nSPS) is 14.6. The summed E-state index contributed by atoms with van der Waals surface area (Å²) in [5, 5.41) is 2.08. The van der Waals surface area contributed by atoms with Crippen LogP contribution in [0.5, 0.6) is 28.7 Å². The number of ether oxygens (including phenoxy) is 5. The summed E-state index contributed by atoms with van der Waals surface area (Å²) in [6.07, 6.45) is 9.07. The Morgan fingerprint density at radius 1 is 0.607 bits per heavy atom. The molecule has 7 aromatic carbocycles. The van der Waals surface area contributed by atoms with Crippen LogP contribution in [0.3, 0.4) is 0 Å². The molecule has 107 heavy (non-hydrogen) atoms. The van der Waals surface area contributed by atoms with Crippen LogP contribution in [0.4, 0.5) is 23.1 Å². The van der Waals surface area contributed by atoms with Crippen molar-refractivity contribution in [2.24, 2.45) is 5.41 Å². The summed E-state index contributed by atoms with van der Waals surface area (Å²) < 4.78 is 55.4. The molecule has 4 aliphatic rings. The largest absolute Gasteiger partial charge is 0.497 e.